The first-order valence-corrected chi connectivity index (χ1v) is 13.3. The molecule has 3 aromatic rings. The monoisotopic (exact) mass is 518 g/mol. The molecule has 0 aliphatic carbocycles. The third-order valence-electron chi connectivity index (χ3n) is 6.81. The molecule has 6 heteroatoms. The largest absolute Gasteiger partial charge is 0.459 e. The van der Waals surface area contributed by atoms with Crippen molar-refractivity contribution in [2.45, 2.75) is 59.0 Å². The third kappa shape index (κ3) is 6.87. The van der Waals surface area contributed by atoms with Crippen LogP contribution in [-0.4, -0.2) is 31.3 Å². The Balaban J connectivity index is 1.36. The normalized spacial score (nSPS) is 14.1. The van der Waals surface area contributed by atoms with Gasteiger partial charge in [0, 0.05) is 5.41 Å². The van der Waals surface area contributed by atoms with Crippen LogP contribution < -0.4 is 4.74 Å². The van der Waals surface area contributed by atoms with Gasteiger partial charge < -0.3 is 14.2 Å². The van der Waals surface area contributed by atoms with Crippen LogP contribution in [0.4, 0.5) is 4.39 Å². The fourth-order valence-electron chi connectivity index (χ4n) is 4.65. The summed E-state index contributed by atoms with van der Waals surface area (Å²) in [4.78, 5) is 25.1. The number of rotatable bonds is 11. The minimum atomic E-state index is -0.797. The van der Waals surface area contributed by atoms with Crippen molar-refractivity contribution in [3.05, 3.63) is 89.2 Å². The predicted molar refractivity (Wildman–Crippen MR) is 145 cm³/mol. The van der Waals surface area contributed by atoms with Crippen LogP contribution in [-0.2, 0) is 15.9 Å². The number of hydrogen-bond acceptors (Lipinski definition) is 5. The van der Waals surface area contributed by atoms with Gasteiger partial charge in [-0.2, -0.15) is 0 Å². The SMILES string of the molecule is CCCC(CCC)OC(=O)c1ccc(OC(=O)c2ccc(-c3ccc(CC4(C)COC4)cc3)cc2)c(F)c1. The molecule has 0 unspecified atom stereocenters. The second kappa shape index (κ2) is 12.4. The van der Waals surface area contributed by atoms with Crippen LogP contribution in [0.15, 0.2) is 66.7 Å². The Morgan fingerprint density at radius 1 is 0.868 bits per heavy atom. The molecule has 3 aromatic carbocycles. The fourth-order valence-corrected chi connectivity index (χ4v) is 4.65. The second-order valence-electron chi connectivity index (χ2n) is 10.4. The maximum Gasteiger partial charge on any atom is 0.343 e. The van der Waals surface area contributed by atoms with E-state index in [9.17, 15) is 14.0 Å². The zero-order chi connectivity index (χ0) is 27.1. The molecule has 0 radical (unpaired) electrons. The smallest absolute Gasteiger partial charge is 0.343 e. The molecule has 1 saturated heterocycles. The highest BCUT2D eigenvalue weighted by atomic mass is 19.1. The molecular formula is C32H35FO5. The second-order valence-corrected chi connectivity index (χ2v) is 10.4. The van der Waals surface area contributed by atoms with Gasteiger partial charge in [-0.05, 0) is 66.3 Å². The number of hydrogen-bond donors (Lipinski definition) is 0. The summed E-state index contributed by atoms with van der Waals surface area (Å²) in [7, 11) is 0. The first-order valence-electron chi connectivity index (χ1n) is 13.3. The first kappa shape index (κ1) is 27.5. The van der Waals surface area contributed by atoms with E-state index in [0.717, 1.165) is 62.5 Å². The molecular weight excluding hydrogens is 483 g/mol. The van der Waals surface area contributed by atoms with Crippen LogP contribution in [0.25, 0.3) is 11.1 Å². The minimum absolute atomic E-state index is 0.0880. The van der Waals surface area contributed by atoms with Gasteiger partial charge in [-0.1, -0.05) is 70.0 Å². The van der Waals surface area contributed by atoms with Crippen molar-refractivity contribution in [2.24, 2.45) is 5.41 Å². The van der Waals surface area contributed by atoms with E-state index < -0.39 is 17.8 Å². The maximum atomic E-state index is 14.7. The summed E-state index contributed by atoms with van der Waals surface area (Å²) in [6.45, 7) is 7.87. The Labute approximate surface area is 223 Å². The van der Waals surface area contributed by atoms with Crippen molar-refractivity contribution in [3.8, 4) is 16.9 Å². The zero-order valence-corrected chi connectivity index (χ0v) is 22.3. The van der Waals surface area contributed by atoms with Gasteiger partial charge >= 0.3 is 11.9 Å². The molecule has 0 spiro atoms. The van der Waals surface area contributed by atoms with E-state index in [-0.39, 0.29) is 22.8 Å². The average molecular weight is 519 g/mol. The highest BCUT2D eigenvalue weighted by molar-refractivity contribution is 5.92. The van der Waals surface area contributed by atoms with E-state index >= 15 is 0 Å². The Kier molecular flexibility index (Phi) is 8.95. The van der Waals surface area contributed by atoms with Gasteiger partial charge in [0.15, 0.2) is 11.6 Å². The molecule has 0 amide bonds. The molecule has 200 valence electrons. The fraction of sp³-hybridized carbons (Fsp3) is 0.375. The predicted octanol–water partition coefficient (Wildman–Crippen LogP) is 7.42. The van der Waals surface area contributed by atoms with Crippen molar-refractivity contribution >= 4 is 11.9 Å². The molecule has 1 heterocycles. The van der Waals surface area contributed by atoms with Gasteiger partial charge in [-0.25, -0.2) is 14.0 Å². The van der Waals surface area contributed by atoms with E-state index in [1.807, 2.05) is 26.0 Å². The highest BCUT2D eigenvalue weighted by Gasteiger charge is 2.33. The lowest BCUT2D eigenvalue weighted by Gasteiger charge is -2.38. The summed E-state index contributed by atoms with van der Waals surface area (Å²) in [6.07, 6.45) is 4.10. The van der Waals surface area contributed by atoms with Gasteiger partial charge in [-0.15, -0.1) is 0 Å². The molecule has 0 atom stereocenters. The molecule has 0 aromatic heterocycles. The molecule has 1 aliphatic heterocycles. The summed E-state index contributed by atoms with van der Waals surface area (Å²) in [5.41, 5.74) is 3.88. The third-order valence-corrected chi connectivity index (χ3v) is 6.81. The molecule has 5 nitrogen and oxygen atoms in total. The number of benzene rings is 3. The standard InChI is InChI=1S/C32H35FO5/c1-4-6-27(7-5-2)37-31(35)26-16-17-29(28(33)18-26)38-30(34)25-14-12-24(13-15-25)23-10-8-22(9-11-23)19-32(3)20-36-21-32/h8-18,27H,4-7,19-21H2,1-3H3. The summed E-state index contributed by atoms with van der Waals surface area (Å²) < 4.78 is 30.8. The van der Waals surface area contributed by atoms with E-state index in [4.69, 9.17) is 14.2 Å². The molecule has 4 rings (SSSR count). The van der Waals surface area contributed by atoms with Crippen LogP contribution >= 0.6 is 0 Å². The molecule has 0 saturated carbocycles. The van der Waals surface area contributed by atoms with Gasteiger partial charge in [-0.3, -0.25) is 0 Å². The topological polar surface area (TPSA) is 61.8 Å². The number of carbonyl (C=O) groups is 2. The summed E-state index contributed by atoms with van der Waals surface area (Å²) in [6, 6.07) is 19.1. The Morgan fingerprint density at radius 2 is 1.45 bits per heavy atom. The number of carbonyl (C=O) groups excluding carboxylic acids is 2. The van der Waals surface area contributed by atoms with E-state index in [2.05, 4.69) is 31.2 Å². The lowest BCUT2D eigenvalue weighted by Crippen LogP contribution is -2.41. The first-order chi connectivity index (χ1) is 18.3. The summed E-state index contributed by atoms with van der Waals surface area (Å²) in [5, 5.41) is 0. The van der Waals surface area contributed by atoms with Crippen molar-refractivity contribution in [1.82, 2.24) is 0 Å². The molecule has 1 fully saturated rings. The van der Waals surface area contributed by atoms with E-state index in [0.29, 0.717) is 5.56 Å². The van der Waals surface area contributed by atoms with Gasteiger partial charge in [0.05, 0.1) is 24.3 Å². The van der Waals surface area contributed by atoms with Crippen LogP contribution in [0, 0.1) is 11.2 Å². The van der Waals surface area contributed by atoms with Crippen molar-refractivity contribution in [1.29, 1.82) is 0 Å². The lowest BCUT2D eigenvalue weighted by molar-refractivity contribution is -0.100. The molecule has 0 N–H and O–H groups in total. The lowest BCUT2D eigenvalue weighted by atomic mass is 9.82. The zero-order valence-electron chi connectivity index (χ0n) is 22.3. The van der Waals surface area contributed by atoms with Gasteiger partial charge in [0.2, 0.25) is 0 Å². The van der Waals surface area contributed by atoms with Crippen molar-refractivity contribution in [3.63, 3.8) is 0 Å². The van der Waals surface area contributed by atoms with Crippen molar-refractivity contribution < 1.29 is 28.2 Å². The summed E-state index contributed by atoms with van der Waals surface area (Å²) >= 11 is 0. The van der Waals surface area contributed by atoms with Crippen LogP contribution in [0.1, 0.15) is 72.7 Å². The Bertz CT molecular complexity index is 1240. The van der Waals surface area contributed by atoms with Crippen LogP contribution in [0.2, 0.25) is 0 Å². The number of esters is 2. The molecule has 1 aliphatic rings. The summed E-state index contributed by atoms with van der Waals surface area (Å²) in [5.74, 6) is -2.30. The van der Waals surface area contributed by atoms with Crippen LogP contribution in [0.3, 0.4) is 0 Å². The molecule has 38 heavy (non-hydrogen) atoms. The van der Waals surface area contributed by atoms with Gasteiger partial charge in [0.25, 0.3) is 0 Å². The maximum absolute atomic E-state index is 14.7. The van der Waals surface area contributed by atoms with E-state index in [1.54, 1.807) is 12.1 Å². The van der Waals surface area contributed by atoms with Crippen LogP contribution in [0.5, 0.6) is 5.75 Å². The minimum Gasteiger partial charge on any atom is -0.459 e. The average Bonchev–Trinajstić information content (AvgIpc) is 2.89. The Morgan fingerprint density at radius 3 is 1.97 bits per heavy atom. The van der Waals surface area contributed by atoms with E-state index in [1.165, 1.54) is 17.7 Å². The van der Waals surface area contributed by atoms with Gasteiger partial charge in [0.1, 0.15) is 6.10 Å². The quantitative estimate of drug-likeness (QED) is 0.195. The molecule has 0 bridgehead atoms. The number of halogens is 1. The Hall–Kier alpha value is -3.51. The highest BCUT2D eigenvalue weighted by Crippen LogP contribution is 2.31. The number of ether oxygens (including phenoxy) is 3. The van der Waals surface area contributed by atoms with Crippen molar-refractivity contribution in [2.75, 3.05) is 13.2 Å².